The molecule has 0 aliphatic heterocycles. The number of fused-ring (bicyclic) bond motifs is 3. The number of primary amides is 1. The third-order valence-electron chi connectivity index (χ3n) is 5.92. The molecule has 2 aromatic carbocycles. The normalized spacial score (nSPS) is 13.7. The van der Waals surface area contributed by atoms with E-state index in [9.17, 15) is 9.59 Å². The molecule has 6 heteroatoms. The zero-order chi connectivity index (χ0) is 22.8. The summed E-state index contributed by atoms with van der Waals surface area (Å²) in [4.78, 5) is 23.9. The van der Waals surface area contributed by atoms with Gasteiger partial charge in [-0.3, -0.25) is 9.59 Å². The first-order valence-electron chi connectivity index (χ1n) is 11.0. The summed E-state index contributed by atoms with van der Waals surface area (Å²) in [6, 6.07) is 8.57. The molecule has 0 spiro atoms. The van der Waals surface area contributed by atoms with E-state index in [-0.39, 0.29) is 5.91 Å². The number of anilines is 1. The zero-order valence-corrected chi connectivity index (χ0v) is 18.7. The van der Waals surface area contributed by atoms with Crippen LogP contribution in [0, 0.1) is 6.92 Å². The van der Waals surface area contributed by atoms with Crippen LogP contribution in [0.1, 0.15) is 59.5 Å². The number of hydrogen-bond donors (Lipinski definition) is 2. The number of nitrogens with two attached hydrogens (primary N) is 1. The largest absolute Gasteiger partial charge is 0.493 e. The van der Waals surface area contributed by atoms with Crippen LogP contribution >= 0.6 is 0 Å². The topological polar surface area (TPSA) is 94.6 Å². The molecule has 6 nitrogen and oxygen atoms in total. The Hall–Kier alpha value is -3.54. The second-order valence-electron chi connectivity index (χ2n) is 8.16. The van der Waals surface area contributed by atoms with Crippen LogP contribution in [0.2, 0.25) is 0 Å². The van der Waals surface area contributed by atoms with E-state index in [4.69, 9.17) is 14.9 Å². The molecule has 0 fully saturated rings. The number of rotatable bonds is 6. The van der Waals surface area contributed by atoms with Crippen LogP contribution in [0.25, 0.3) is 16.5 Å². The second kappa shape index (κ2) is 8.91. The Balaban J connectivity index is 1.68. The summed E-state index contributed by atoms with van der Waals surface area (Å²) < 4.78 is 12.2. The maximum Gasteiger partial charge on any atom is 0.248 e. The van der Waals surface area contributed by atoms with Crippen molar-refractivity contribution in [2.75, 3.05) is 11.9 Å². The van der Waals surface area contributed by atoms with Gasteiger partial charge in [-0.2, -0.15) is 0 Å². The molecule has 166 valence electrons. The van der Waals surface area contributed by atoms with Gasteiger partial charge >= 0.3 is 0 Å². The number of hydrogen-bond acceptors (Lipinski definition) is 4. The van der Waals surface area contributed by atoms with Crippen molar-refractivity contribution < 1.29 is 18.7 Å². The van der Waals surface area contributed by atoms with Crippen molar-refractivity contribution in [1.29, 1.82) is 0 Å². The minimum atomic E-state index is -0.505. The lowest BCUT2D eigenvalue weighted by Crippen LogP contribution is -2.12. The Labute approximate surface area is 187 Å². The summed E-state index contributed by atoms with van der Waals surface area (Å²) in [5.41, 5.74) is 11.1. The first-order valence-corrected chi connectivity index (χ1v) is 11.0. The quantitative estimate of drug-likeness (QED) is 0.526. The maximum absolute atomic E-state index is 12.7. The van der Waals surface area contributed by atoms with Gasteiger partial charge in [-0.25, -0.2) is 0 Å². The number of carbonyl (C=O) groups excluding carboxylic acids is 2. The number of amides is 2. The van der Waals surface area contributed by atoms with Gasteiger partial charge < -0.3 is 20.2 Å². The van der Waals surface area contributed by atoms with Crippen molar-refractivity contribution >= 4 is 34.0 Å². The Kier molecular flexibility index (Phi) is 6.04. The van der Waals surface area contributed by atoms with Crippen molar-refractivity contribution in [3.05, 3.63) is 64.4 Å². The van der Waals surface area contributed by atoms with Gasteiger partial charge in [0.15, 0.2) is 0 Å². The first-order chi connectivity index (χ1) is 15.4. The number of nitrogens with one attached hydrogen (secondary N) is 1. The molecule has 1 aliphatic rings. The van der Waals surface area contributed by atoms with Gasteiger partial charge in [-0.1, -0.05) is 0 Å². The molecule has 3 aromatic rings. The number of benzene rings is 2. The molecule has 3 N–H and O–H groups in total. The SMILES string of the molecule is CCOc1c(/C(C)=C/C(=O)Nc2ccc(C(N)=O)cc2)cc2c3c(oc2c1C)CCCC3. The summed E-state index contributed by atoms with van der Waals surface area (Å²) in [5, 5.41) is 3.95. The summed E-state index contributed by atoms with van der Waals surface area (Å²) in [6.45, 7) is 6.39. The number of carbonyl (C=O) groups is 2. The molecule has 0 atom stereocenters. The average molecular weight is 433 g/mol. The van der Waals surface area contributed by atoms with Crippen molar-refractivity contribution in [1.82, 2.24) is 0 Å². The second-order valence-corrected chi connectivity index (χ2v) is 8.16. The highest BCUT2D eigenvalue weighted by Crippen LogP contribution is 2.41. The highest BCUT2D eigenvalue weighted by atomic mass is 16.5. The Bertz CT molecular complexity index is 1220. The Morgan fingerprint density at radius 1 is 1.19 bits per heavy atom. The van der Waals surface area contributed by atoms with Gasteiger partial charge in [0.2, 0.25) is 11.8 Å². The van der Waals surface area contributed by atoms with Crippen LogP contribution in [0.5, 0.6) is 5.75 Å². The van der Waals surface area contributed by atoms with E-state index in [1.54, 1.807) is 30.3 Å². The van der Waals surface area contributed by atoms with Gasteiger partial charge in [0.05, 0.1) is 6.61 Å². The summed E-state index contributed by atoms with van der Waals surface area (Å²) in [5.74, 6) is 1.06. The molecule has 1 heterocycles. The standard InChI is InChI=1S/C26H28N2O4/c1-4-31-24-16(3)25-21(19-7-5-6-8-22(19)32-25)14-20(24)15(2)13-23(29)28-18-11-9-17(10-12-18)26(27)30/h9-14H,4-8H2,1-3H3,(H2,27,30)(H,28,29)/b15-13+. The van der Waals surface area contributed by atoms with Gasteiger partial charge in [-0.15, -0.1) is 0 Å². The highest BCUT2D eigenvalue weighted by molar-refractivity contribution is 6.05. The van der Waals surface area contributed by atoms with Gasteiger partial charge in [-0.05, 0) is 75.9 Å². The Morgan fingerprint density at radius 3 is 2.59 bits per heavy atom. The molecule has 0 unspecified atom stereocenters. The predicted molar refractivity (Wildman–Crippen MR) is 126 cm³/mol. The zero-order valence-electron chi connectivity index (χ0n) is 18.7. The van der Waals surface area contributed by atoms with Crippen LogP contribution in [0.15, 0.2) is 40.8 Å². The number of aryl methyl sites for hydroxylation is 3. The minimum Gasteiger partial charge on any atom is -0.493 e. The molecule has 0 bridgehead atoms. The first kappa shape index (κ1) is 21.7. The fourth-order valence-corrected chi connectivity index (χ4v) is 4.33. The van der Waals surface area contributed by atoms with Gasteiger partial charge in [0.1, 0.15) is 17.1 Å². The average Bonchev–Trinajstić information content (AvgIpc) is 3.15. The Morgan fingerprint density at radius 2 is 1.91 bits per heavy atom. The predicted octanol–water partition coefficient (Wildman–Crippen LogP) is 5.16. The molecular weight excluding hydrogens is 404 g/mol. The molecular formula is C26H28N2O4. The molecule has 32 heavy (non-hydrogen) atoms. The van der Waals surface area contributed by atoms with E-state index in [2.05, 4.69) is 11.4 Å². The number of furan rings is 1. The van der Waals surface area contributed by atoms with Crippen LogP contribution in [-0.2, 0) is 17.6 Å². The van der Waals surface area contributed by atoms with E-state index in [0.717, 1.165) is 64.9 Å². The van der Waals surface area contributed by atoms with E-state index in [1.165, 1.54) is 5.56 Å². The van der Waals surface area contributed by atoms with Crippen molar-refractivity contribution in [2.45, 2.75) is 46.5 Å². The van der Waals surface area contributed by atoms with E-state index < -0.39 is 5.91 Å². The van der Waals surface area contributed by atoms with Crippen molar-refractivity contribution in [3.63, 3.8) is 0 Å². The molecule has 1 aromatic heterocycles. The van der Waals surface area contributed by atoms with E-state index >= 15 is 0 Å². The maximum atomic E-state index is 12.7. The summed E-state index contributed by atoms with van der Waals surface area (Å²) in [7, 11) is 0. The lowest BCUT2D eigenvalue weighted by molar-refractivity contribution is -0.111. The minimum absolute atomic E-state index is 0.260. The van der Waals surface area contributed by atoms with Crippen LogP contribution < -0.4 is 15.8 Å². The summed E-state index contributed by atoms with van der Waals surface area (Å²) in [6.07, 6.45) is 5.86. The van der Waals surface area contributed by atoms with E-state index in [1.807, 2.05) is 20.8 Å². The molecule has 0 saturated carbocycles. The number of ether oxygens (including phenoxy) is 1. The lowest BCUT2D eigenvalue weighted by atomic mass is 9.93. The monoisotopic (exact) mass is 432 g/mol. The van der Waals surface area contributed by atoms with Crippen molar-refractivity contribution in [3.8, 4) is 5.75 Å². The fourth-order valence-electron chi connectivity index (χ4n) is 4.33. The van der Waals surface area contributed by atoms with Crippen LogP contribution in [-0.4, -0.2) is 18.4 Å². The fraction of sp³-hybridized carbons (Fsp3) is 0.308. The third-order valence-corrected chi connectivity index (χ3v) is 5.92. The van der Waals surface area contributed by atoms with Crippen LogP contribution in [0.3, 0.4) is 0 Å². The highest BCUT2D eigenvalue weighted by Gasteiger charge is 2.23. The lowest BCUT2D eigenvalue weighted by Gasteiger charge is -2.15. The van der Waals surface area contributed by atoms with Crippen molar-refractivity contribution in [2.24, 2.45) is 5.73 Å². The third kappa shape index (κ3) is 4.13. The van der Waals surface area contributed by atoms with E-state index in [0.29, 0.717) is 17.9 Å². The van der Waals surface area contributed by atoms with Crippen LogP contribution in [0.4, 0.5) is 5.69 Å². The smallest absolute Gasteiger partial charge is 0.248 e. The molecule has 0 saturated heterocycles. The molecule has 1 aliphatic carbocycles. The summed E-state index contributed by atoms with van der Waals surface area (Å²) >= 11 is 0. The molecule has 2 amide bonds. The molecule has 4 rings (SSSR count). The molecule has 0 radical (unpaired) electrons. The number of allylic oxidation sites excluding steroid dienone is 1. The van der Waals surface area contributed by atoms with Gasteiger partial charge in [0.25, 0.3) is 0 Å². The van der Waals surface area contributed by atoms with Gasteiger partial charge in [0, 0.05) is 45.8 Å².